The zero-order valence-corrected chi connectivity index (χ0v) is 19.3. The van der Waals surface area contributed by atoms with Crippen LogP contribution < -0.4 is 4.80 Å². The van der Waals surface area contributed by atoms with Gasteiger partial charge < -0.3 is 9.30 Å². The second-order valence-corrected chi connectivity index (χ2v) is 8.41. The lowest BCUT2D eigenvalue weighted by Crippen LogP contribution is -2.27. The molecule has 0 fully saturated rings. The average molecular weight is 457 g/mol. The Morgan fingerprint density at radius 2 is 1.61 bits per heavy atom. The number of ether oxygens (including phenoxy) is 1. The topological polar surface area (TPSA) is 60.7 Å². The number of carbonyl (C=O) groups is 2. The van der Waals surface area contributed by atoms with Crippen molar-refractivity contribution in [3.63, 3.8) is 0 Å². The van der Waals surface area contributed by atoms with Gasteiger partial charge in [0, 0.05) is 5.57 Å². The molecular weight excluding hydrogens is 432 g/mol. The quantitative estimate of drug-likeness (QED) is 0.219. The van der Waals surface area contributed by atoms with E-state index in [1.54, 1.807) is 18.4 Å². The first kappa shape index (κ1) is 22.4. The number of esters is 1. The highest BCUT2D eigenvalue weighted by atomic mass is 32.1. The second-order valence-electron chi connectivity index (χ2n) is 7.40. The van der Waals surface area contributed by atoms with Gasteiger partial charge in [0.1, 0.15) is 6.04 Å². The summed E-state index contributed by atoms with van der Waals surface area (Å²) in [6.45, 7) is 3.82. The molecule has 1 amide bonds. The Morgan fingerprint density at radius 1 is 0.970 bits per heavy atom. The van der Waals surface area contributed by atoms with E-state index in [0.717, 1.165) is 21.3 Å². The van der Waals surface area contributed by atoms with E-state index in [1.165, 1.54) is 11.3 Å². The maximum Gasteiger partial charge on any atom is 0.328 e. The van der Waals surface area contributed by atoms with E-state index in [0.29, 0.717) is 10.4 Å². The van der Waals surface area contributed by atoms with Crippen molar-refractivity contribution >= 4 is 45.1 Å². The Hall–Kier alpha value is -3.77. The van der Waals surface area contributed by atoms with Gasteiger partial charge in [-0.05, 0) is 43.2 Å². The molecule has 4 rings (SSSR count). The number of hydrogen-bond acceptors (Lipinski definition) is 4. The van der Waals surface area contributed by atoms with Gasteiger partial charge in [-0.25, -0.2) is 4.79 Å². The summed E-state index contributed by atoms with van der Waals surface area (Å²) in [6.07, 6.45) is 1.84. The number of aromatic nitrogens is 1. The Kier molecular flexibility index (Phi) is 6.95. The molecule has 0 saturated carbocycles. The molecule has 1 unspecified atom stereocenters. The van der Waals surface area contributed by atoms with E-state index < -0.39 is 6.04 Å². The maximum absolute atomic E-state index is 13.5. The minimum Gasteiger partial charge on any atom is -0.464 e. The van der Waals surface area contributed by atoms with Gasteiger partial charge in [-0.1, -0.05) is 84.1 Å². The lowest BCUT2D eigenvalue weighted by atomic mass is 10.0. The molecule has 1 atom stereocenters. The number of fused-ring (bicyclic) bond motifs is 1. The molecule has 1 heterocycles. The molecule has 0 aliphatic heterocycles. The van der Waals surface area contributed by atoms with Crippen LogP contribution in [-0.4, -0.2) is 23.1 Å². The summed E-state index contributed by atoms with van der Waals surface area (Å²) in [5.41, 5.74) is 3.00. The monoisotopic (exact) mass is 456 g/mol. The fourth-order valence-corrected chi connectivity index (χ4v) is 4.66. The summed E-state index contributed by atoms with van der Waals surface area (Å²) in [5, 5.41) is 0. The van der Waals surface area contributed by atoms with Crippen LogP contribution in [0.1, 0.15) is 31.0 Å². The first-order valence-electron chi connectivity index (χ1n) is 10.8. The average Bonchev–Trinajstić information content (AvgIpc) is 3.21. The molecular formula is C27H24N2O3S. The molecule has 33 heavy (non-hydrogen) atoms. The maximum atomic E-state index is 13.5. The van der Waals surface area contributed by atoms with Crippen molar-refractivity contribution in [3.8, 4) is 0 Å². The fourth-order valence-electron chi connectivity index (χ4n) is 3.56. The fraction of sp³-hybridized carbons (Fsp3) is 0.148. The Balaban J connectivity index is 1.87. The van der Waals surface area contributed by atoms with Gasteiger partial charge in [0.2, 0.25) is 0 Å². The largest absolute Gasteiger partial charge is 0.464 e. The van der Waals surface area contributed by atoms with Gasteiger partial charge in [0.25, 0.3) is 5.91 Å². The number of amides is 1. The number of nitrogens with zero attached hydrogens (tertiary/aromatic N) is 2. The zero-order valence-electron chi connectivity index (χ0n) is 18.5. The molecule has 1 aromatic heterocycles. The van der Waals surface area contributed by atoms with Crippen molar-refractivity contribution in [2.75, 3.05) is 6.61 Å². The normalized spacial score (nSPS) is 13.2. The van der Waals surface area contributed by atoms with Crippen LogP contribution in [0.2, 0.25) is 0 Å². The molecule has 0 aliphatic carbocycles. The first-order chi connectivity index (χ1) is 16.1. The van der Waals surface area contributed by atoms with Crippen LogP contribution in [0.5, 0.6) is 0 Å². The van der Waals surface area contributed by atoms with Gasteiger partial charge in [-0.2, -0.15) is 4.99 Å². The van der Waals surface area contributed by atoms with Crippen LogP contribution in [0.25, 0.3) is 21.9 Å². The highest BCUT2D eigenvalue weighted by Crippen LogP contribution is 2.23. The summed E-state index contributed by atoms with van der Waals surface area (Å²) >= 11 is 1.38. The highest BCUT2D eigenvalue weighted by Gasteiger charge is 2.21. The number of rotatable bonds is 6. The molecule has 0 saturated heterocycles. The highest BCUT2D eigenvalue weighted by molar-refractivity contribution is 7.16. The van der Waals surface area contributed by atoms with Gasteiger partial charge in [-0.15, -0.1) is 0 Å². The molecule has 3 aromatic carbocycles. The molecule has 0 spiro atoms. The predicted molar refractivity (Wildman–Crippen MR) is 132 cm³/mol. The standard InChI is InChI=1S/C27H24N2O3S/c1-3-32-26(31)19(2)29-23-16-10-11-17-24(23)33-27(29)28-25(30)22(21-14-8-5-9-15-21)18-20-12-6-4-7-13-20/h4-19H,3H2,1-2H3/b22-18+,28-27+. The minimum atomic E-state index is -0.620. The summed E-state index contributed by atoms with van der Waals surface area (Å²) in [5.74, 6) is -0.737. The number of thiazole rings is 1. The van der Waals surface area contributed by atoms with Gasteiger partial charge >= 0.3 is 5.97 Å². The van der Waals surface area contributed by atoms with Crippen molar-refractivity contribution < 1.29 is 14.3 Å². The lowest BCUT2D eigenvalue weighted by molar-refractivity contribution is -0.146. The van der Waals surface area contributed by atoms with E-state index in [-0.39, 0.29) is 18.5 Å². The molecule has 0 bridgehead atoms. The molecule has 4 aromatic rings. The molecule has 6 heteroatoms. The minimum absolute atomic E-state index is 0.287. The number of para-hydroxylation sites is 1. The number of carbonyl (C=O) groups excluding carboxylic acids is 2. The van der Waals surface area contributed by atoms with E-state index in [9.17, 15) is 9.59 Å². The number of benzene rings is 3. The molecule has 166 valence electrons. The third kappa shape index (κ3) is 5.02. The van der Waals surface area contributed by atoms with Crippen LogP contribution in [-0.2, 0) is 14.3 Å². The third-order valence-corrected chi connectivity index (χ3v) is 6.21. The molecule has 0 N–H and O–H groups in total. The van der Waals surface area contributed by atoms with Crippen LogP contribution in [0.4, 0.5) is 0 Å². The number of hydrogen-bond donors (Lipinski definition) is 0. The van der Waals surface area contributed by atoms with Crippen LogP contribution in [0, 0.1) is 0 Å². The molecule has 5 nitrogen and oxygen atoms in total. The first-order valence-corrected chi connectivity index (χ1v) is 11.6. The van der Waals surface area contributed by atoms with E-state index >= 15 is 0 Å². The molecule has 0 radical (unpaired) electrons. The lowest BCUT2D eigenvalue weighted by Gasteiger charge is -2.13. The van der Waals surface area contributed by atoms with Gasteiger partial charge in [0.05, 0.1) is 16.8 Å². The Morgan fingerprint density at radius 3 is 2.30 bits per heavy atom. The summed E-state index contributed by atoms with van der Waals surface area (Å²) < 4.78 is 7.96. The van der Waals surface area contributed by atoms with Gasteiger partial charge in [-0.3, -0.25) is 4.79 Å². The SMILES string of the molecule is CCOC(=O)C(C)n1/c(=N\C(=O)/C(=C/c2ccccc2)c2ccccc2)sc2ccccc21. The van der Waals surface area contributed by atoms with Crippen LogP contribution >= 0.6 is 11.3 Å². The van der Waals surface area contributed by atoms with Gasteiger partial charge in [0.15, 0.2) is 4.80 Å². The van der Waals surface area contributed by atoms with Crippen molar-refractivity contribution in [1.29, 1.82) is 0 Å². The Bertz CT molecular complexity index is 1370. The summed E-state index contributed by atoms with van der Waals surface area (Å²) in [4.78, 5) is 31.0. The predicted octanol–water partition coefficient (Wildman–Crippen LogP) is 5.50. The summed E-state index contributed by atoms with van der Waals surface area (Å²) in [6, 6.07) is 26.2. The zero-order chi connectivity index (χ0) is 23.2. The third-order valence-electron chi connectivity index (χ3n) is 5.17. The van der Waals surface area contributed by atoms with E-state index in [1.807, 2.05) is 91.0 Å². The van der Waals surface area contributed by atoms with Crippen LogP contribution in [0.15, 0.2) is 89.9 Å². The Labute approximate surface area is 196 Å². The molecule has 0 aliphatic rings. The smallest absolute Gasteiger partial charge is 0.328 e. The van der Waals surface area contributed by atoms with E-state index in [2.05, 4.69) is 4.99 Å². The van der Waals surface area contributed by atoms with Crippen molar-refractivity contribution in [2.45, 2.75) is 19.9 Å². The summed E-state index contributed by atoms with van der Waals surface area (Å²) in [7, 11) is 0. The van der Waals surface area contributed by atoms with E-state index in [4.69, 9.17) is 4.74 Å². The van der Waals surface area contributed by atoms with Crippen molar-refractivity contribution in [3.05, 3.63) is 101 Å². The van der Waals surface area contributed by atoms with Crippen molar-refractivity contribution in [2.24, 2.45) is 4.99 Å². The second kappa shape index (κ2) is 10.2. The van der Waals surface area contributed by atoms with Crippen LogP contribution in [0.3, 0.4) is 0 Å². The van der Waals surface area contributed by atoms with Crippen molar-refractivity contribution in [1.82, 2.24) is 4.57 Å².